The topological polar surface area (TPSA) is 222 Å². The molecule has 0 aliphatic carbocycles. The summed E-state index contributed by atoms with van der Waals surface area (Å²) in [6, 6.07) is -0.637. The van der Waals surface area contributed by atoms with Gasteiger partial charge in [0.2, 0.25) is 0 Å². The van der Waals surface area contributed by atoms with E-state index in [2.05, 4.69) is 25.0 Å². The van der Waals surface area contributed by atoms with E-state index in [1.807, 2.05) is 0 Å². The number of phosphoric acid groups is 3. The van der Waals surface area contributed by atoms with Crippen molar-refractivity contribution in [3.63, 3.8) is 0 Å². The van der Waals surface area contributed by atoms with Gasteiger partial charge in [0.1, 0.15) is 6.10 Å². The molecule has 0 aromatic heterocycles. The number of allylic oxidation sites excluding steroid dienone is 1. The molecule has 1 fully saturated rings. The van der Waals surface area contributed by atoms with Crippen LogP contribution in [0.5, 0.6) is 0 Å². The van der Waals surface area contributed by atoms with Crippen molar-refractivity contribution in [2.75, 3.05) is 6.61 Å². The molecule has 2 heterocycles. The number of hydrogen-bond donors (Lipinski definition) is 6. The lowest BCUT2D eigenvalue weighted by Crippen LogP contribution is -2.48. The number of nitrogens with one attached hydrogen (secondary N) is 1. The van der Waals surface area contributed by atoms with E-state index in [1.54, 1.807) is 0 Å². The SMILES string of the molecule is C=C1C=CN([C@@H]2O[C@H](COP(=O)(O)OP(=O)(O)OP(=O)(O)O)[C@H](C)C2O)C(=O)N1. The molecule has 18 heteroatoms. The second-order valence-electron chi connectivity index (χ2n) is 5.98. The minimum absolute atomic E-state index is 0.316. The third kappa shape index (κ3) is 6.79. The van der Waals surface area contributed by atoms with E-state index < -0.39 is 60.5 Å². The molecular weight excluding hydrogens is 461 g/mol. The summed E-state index contributed by atoms with van der Waals surface area (Å²) in [7, 11) is -16.5. The molecule has 0 bridgehead atoms. The van der Waals surface area contributed by atoms with Crippen LogP contribution in [0.15, 0.2) is 24.6 Å². The number of aliphatic hydroxyl groups excluding tert-OH is 1. The van der Waals surface area contributed by atoms with Gasteiger partial charge in [0.25, 0.3) is 0 Å². The molecule has 0 spiro atoms. The Morgan fingerprint density at radius 3 is 2.38 bits per heavy atom. The summed E-state index contributed by atoms with van der Waals surface area (Å²) in [4.78, 5) is 48.5. The minimum Gasteiger partial charge on any atom is -0.388 e. The molecule has 3 unspecified atom stereocenters. The van der Waals surface area contributed by atoms with Crippen LogP contribution in [0, 0.1) is 5.92 Å². The average molecular weight is 480 g/mol. The number of phosphoric ester groups is 1. The van der Waals surface area contributed by atoms with E-state index in [1.165, 1.54) is 19.2 Å². The molecular formula is C11H19N2O13P3. The van der Waals surface area contributed by atoms with Crippen molar-refractivity contribution < 1.29 is 61.1 Å². The van der Waals surface area contributed by atoms with Gasteiger partial charge in [-0.3, -0.25) is 9.42 Å². The first kappa shape index (κ1) is 24.4. The third-order valence-corrected chi connectivity index (χ3v) is 7.56. The van der Waals surface area contributed by atoms with E-state index >= 15 is 0 Å². The Kier molecular flexibility index (Phi) is 7.28. The molecule has 0 aromatic carbocycles. The second kappa shape index (κ2) is 8.67. The van der Waals surface area contributed by atoms with Gasteiger partial charge in [0.05, 0.1) is 12.7 Å². The molecule has 6 N–H and O–H groups in total. The highest BCUT2D eigenvalue weighted by Crippen LogP contribution is 2.66. The fourth-order valence-electron chi connectivity index (χ4n) is 2.44. The van der Waals surface area contributed by atoms with E-state index in [0.717, 1.165) is 4.90 Å². The van der Waals surface area contributed by atoms with Crippen LogP contribution in [0.1, 0.15) is 6.92 Å². The number of urea groups is 1. The van der Waals surface area contributed by atoms with Crippen LogP contribution < -0.4 is 5.32 Å². The normalized spacial score (nSPS) is 32.0. The molecule has 0 radical (unpaired) electrons. The van der Waals surface area contributed by atoms with Crippen LogP contribution in [0.4, 0.5) is 4.79 Å². The molecule has 1 saturated heterocycles. The van der Waals surface area contributed by atoms with Crippen molar-refractivity contribution >= 4 is 29.5 Å². The quantitative estimate of drug-likeness (QED) is 0.254. The molecule has 2 aliphatic heterocycles. The Balaban J connectivity index is 2.00. The summed E-state index contributed by atoms with van der Waals surface area (Å²) in [5.41, 5.74) is 0.316. The molecule has 166 valence electrons. The molecule has 2 rings (SSSR count). The predicted molar refractivity (Wildman–Crippen MR) is 92.3 cm³/mol. The maximum Gasteiger partial charge on any atom is 0.490 e. The lowest BCUT2D eigenvalue weighted by molar-refractivity contribution is -0.0638. The average Bonchev–Trinajstić information content (AvgIpc) is 2.78. The summed E-state index contributed by atoms with van der Waals surface area (Å²) < 4.78 is 50.8. The lowest BCUT2D eigenvalue weighted by Gasteiger charge is -2.30. The number of ether oxygens (including phenoxy) is 1. The van der Waals surface area contributed by atoms with Crippen LogP contribution in [-0.2, 0) is 31.6 Å². The number of rotatable bonds is 8. The van der Waals surface area contributed by atoms with Gasteiger partial charge in [-0.15, -0.1) is 0 Å². The molecule has 0 saturated carbocycles. The van der Waals surface area contributed by atoms with Gasteiger partial charge in [-0.25, -0.2) is 18.5 Å². The molecule has 15 nitrogen and oxygen atoms in total. The van der Waals surface area contributed by atoms with Crippen molar-refractivity contribution in [3.8, 4) is 0 Å². The summed E-state index contributed by atoms with van der Waals surface area (Å²) in [6.07, 6.45) is -0.713. The summed E-state index contributed by atoms with van der Waals surface area (Å²) >= 11 is 0. The number of nitrogens with zero attached hydrogens (tertiary/aromatic N) is 1. The zero-order valence-electron chi connectivity index (χ0n) is 14.7. The van der Waals surface area contributed by atoms with Crippen molar-refractivity contribution in [2.45, 2.75) is 25.4 Å². The van der Waals surface area contributed by atoms with Crippen LogP contribution in [0.2, 0.25) is 0 Å². The largest absolute Gasteiger partial charge is 0.490 e. The number of amides is 2. The first-order valence-corrected chi connectivity index (χ1v) is 12.2. The first-order chi connectivity index (χ1) is 13.1. The lowest BCUT2D eigenvalue weighted by atomic mass is 10.0. The predicted octanol–water partition coefficient (Wildman–Crippen LogP) is 0.104. The number of carbonyl (C=O) groups excluding carboxylic acids is 1. The molecule has 0 aromatic rings. The van der Waals surface area contributed by atoms with Gasteiger partial charge >= 0.3 is 29.5 Å². The Hall–Kier alpha value is -0.920. The summed E-state index contributed by atoms with van der Waals surface area (Å²) in [5, 5.41) is 12.7. The molecule has 2 aliphatic rings. The van der Waals surface area contributed by atoms with E-state index in [-0.39, 0.29) is 0 Å². The number of carbonyl (C=O) groups is 1. The van der Waals surface area contributed by atoms with Crippen LogP contribution in [-0.4, -0.2) is 60.7 Å². The van der Waals surface area contributed by atoms with Crippen LogP contribution in [0.25, 0.3) is 0 Å². The Morgan fingerprint density at radius 2 is 1.83 bits per heavy atom. The van der Waals surface area contributed by atoms with Gasteiger partial charge in [0.15, 0.2) is 6.23 Å². The standard InChI is InChI=1S/C11H19N2O13P3/c1-6-3-4-13(11(15)12-6)10-9(14)7(2)8(24-10)5-23-28(19,20)26-29(21,22)25-27(16,17)18/h3-4,7-10,14H,1,5H2,2H3,(H,12,15)(H,19,20)(H,21,22)(H2,16,17,18)/t7-,8+,9?,10+/m0/s1. The molecule has 2 amide bonds. The van der Waals surface area contributed by atoms with Gasteiger partial charge in [-0.05, 0) is 6.08 Å². The van der Waals surface area contributed by atoms with E-state index in [4.69, 9.17) is 19.4 Å². The monoisotopic (exact) mass is 480 g/mol. The summed E-state index contributed by atoms with van der Waals surface area (Å²) in [5.74, 6) is -0.724. The first-order valence-electron chi connectivity index (χ1n) is 7.68. The highest BCUT2D eigenvalue weighted by molar-refractivity contribution is 7.66. The zero-order valence-corrected chi connectivity index (χ0v) is 17.4. The fourth-order valence-corrected chi connectivity index (χ4v) is 5.47. The highest BCUT2D eigenvalue weighted by Gasteiger charge is 2.47. The van der Waals surface area contributed by atoms with Crippen molar-refractivity contribution in [1.82, 2.24) is 10.2 Å². The number of hydrogen-bond acceptors (Lipinski definition) is 9. The third-order valence-electron chi connectivity index (χ3n) is 3.76. The summed E-state index contributed by atoms with van der Waals surface area (Å²) in [6.45, 7) is 4.28. The Labute approximate surface area is 164 Å². The van der Waals surface area contributed by atoms with Gasteiger partial charge in [-0.2, -0.15) is 8.62 Å². The zero-order chi connectivity index (χ0) is 22.2. The molecule has 29 heavy (non-hydrogen) atoms. The van der Waals surface area contributed by atoms with E-state index in [0.29, 0.717) is 5.70 Å². The fraction of sp³-hybridized carbons (Fsp3) is 0.545. The van der Waals surface area contributed by atoms with Crippen LogP contribution >= 0.6 is 23.5 Å². The van der Waals surface area contributed by atoms with Gasteiger partial charge in [-0.1, -0.05) is 13.5 Å². The second-order valence-corrected chi connectivity index (χ2v) is 10.4. The van der Waals surface area contributed by atoms with Crippen LogP contribution in [0.3, 0.4) is 0 Å². The van der Waals surface area contributed by atoms with Crippen molar-refractivity contribution in [3.05, 3.63) is 24.6 Å². The van der Waals surface area contributed by atoms with Crippen molar-refractivity contribution in [1.29, 1.82) is 0 Å². The smallest absolute Gasteiger partial charge is 0.388 e. The van der Waals surface area contributed by atoms with Gasteiger partial charge in [0, 0.05) is 17.8 Å². The Morgan fingerprint density at radius 1 is 1.21 bits per heavy atom. The van der Waals surface area contributed by atoms with E-state index in [9.17, 15) is 28.5 Å². The minimum atomic E-state index is -5.64. The highest BCUT2D eigenvalue weighted by atomic mass is 31.3. The number of aliphatic hydroxyl groups is 1. The molecule has 6 atom stereocenters. The van der Waals surface area contributed by atoms with Crippen molar-refractivity contribution in [2.24, 2.45) is 5.92 Å². The maximum absolute atomic E-state index is 12.0. The Bertz CT molecular complexity index is 840. The van der Waals surface area contributed by atoms with Gasteiger partial charge < -0.3 is 34.7 Å². The maximum atomic E-state index is 12.0.